The van der Waals surface area contributed by atoms with Crippen LogP contribution in [0.25, 0.3) is 0 Å². The second-order valence-corrected chi connectivity index (χ2v) is 4.90. The first-order chi connectivity index (χ1) is 8.60. The van der Waals surface area contributed by atoms with Crippen molar-refractivity contribution >= 4 is 33.5 Å². The van der Waals surface area contributed by atoms with Gasteiger partial charge in [0.1, 0.15) is 5.75 Å². The van der Waals surface area contributed by atoms with E-state index in [4.69, 9.17) is 16.3 Å². The van der Waals surface area contributed by atoms with Gasteiger partial charge in [-0.1, -0.05) is 11.6 Å². The molecule has 0 spiro atoms. The third-order valence-corrected chi connectivity index (χ3v) is 3.10. The van der Waals surface area contributed by atoms with Crippen LogP contribution < -0.4 is 10.1 Å². The van der Waals surface area contributed by atoms with E-state index in [0.29, 0.717) is 22.6 Å². The summed E-state index contributed by atoms with van der Waals surface area (Å²) < 4.78 is 6.52. The minimum atomic E-state index is 0.511. The molecule has 94 valence electrons. The summed E-state index contributed by atoms with van der Waals surface area (Å²) in [6.45, 7) is 1.89. The van der Waals surface area contributed by atoms with Crippen LogP contribution >= 0.6 is 27.5 Å². The first-order valence-electron chi connectivity index (χ1n) is 5.24. The second-order valence-electron chi connectivity index (χ2n) is 3.61. The maximum absolute atomic E-state index is 5.88. The van der Waals surface area contributed by atoms with E-state index in [1.54, 1.807) is 31.4 Å². The minimum Gasteiger partial charge on any atom is -0.437 e. The zero-order chi connectivity index (χ0) is 13.1. The summed E-state index contributed by atoms with van der Waals surface area (Å²) in [5.41, 5.74) is 0.857. The average Bonchev–Trinajstić information content (AvgIpc) is 2.35. The Hall–Kier alpha value is -1.33. The molecule has 1 heterocycles. The van der Waals surface area contributed by atoms with Gasteiger partial charge in [0.15, 0.2) is 0 Å². The van der Waals surface area contributed by atoms with Gasteiger partial charge in [0.2, 0.25) is 11.8 Å². The second kappa shape index (κ2) is 5.54. The van der Waals surface area contributed by atoms with E-state index < -0.39 is 0 Å². The molecule has 2 rings (SSSR count). The van der Waals surface area contributed by atoms with E-state index >= 15 is 0 Å². The highest BCUT2D eigenvalue weighted by Gasteiger charge is 2.08. The summed E-state index contributed by atoms with van der Waals surface area (Å²) in [6.07, 6.45) is 1.71. The predicted molar refractivity (Wildman–Crippen MR) is 75.5 cm³/mol. The van der Waals surface area contributed by atoms with Gasteiger partial charge in [0.05, 0.1) is 4.47 Å². The number of nitrogens with zero attached hydrogens (tertiary/aromatic N) is 2. The lowest BCUT2D eigenvalue weighted by atomic mass is 10.3. The standard InChI is InChI=1S/C12H11BrClN3O/c1-7-6-16-12(15-2)17-11(7)18-10-4-3-8(14)5-9(10)13/h3-6H,1-2H3,(H,15,16,17). The largest absolute Gasteiger partial charge is 0.437 e. The van der Waals surface area contributed by atoms with Crippen LogP contribution in [-0.4, -0.2) is 17.0 Å². The Labute approximate surface area is 118 Å². The van der Waals surface area contributed by atoms with Crippen molar-refractivity contribution in [3.63, 3.8) is 0 Å². The van der Waals surface area contributed by atoms with Gasteiger partial charge >= 0.3 is 0 Å². The van der Waals surface area contributed by atoms with Crippen molar-refractivity contribution in [1.29, 1.82) is 0 Å². The number of hydrogen-bond donors (Lipinski definition) is 1. The molecule has 0 bridgehead atoms. The summed E-state index contributed by atoms with van der Waals surface area (Å²) in [4.78, 5) is 8.35. The highest BCUT2D eigenvalue weighted by molar-refractivity contribution is 9.10. The number of ether oxygens (including phenoxy) is 1. The molecule has 0 saturated heterocycles. The summed E-state index contributed by atoms with van der Waals surface area (Å²) in [5, 5.41) is 3.51. The smallest absolute Gasteiger partial charge is 0.227 e. The SMILES string of the molecule is CNc1ncc(C)c(Oc2ccc(Cl)cc2Br)n1. The van der Waals surface area contributed by atoms with Crippen molar-refractivity contribution < 1.29 is 4.74 Å². The predicted octanol–water partition coefficient (Wildman–Crippen LogP) is 4.03. The maximum Gasteiger partial charge on any atom is 0.227 e. The van der Waals surface area contributed by atoms with Gasteiger partial charge in [-0.15, -0.1) is 0 Å². The zero-order valence-corrected chi connectivity index (χ0v) is 12.2. The molecule has 4 nitrogen and oxygen atoms in total. The number of aromatic nitrogens is 2. The molecule has 18 heavy (non-hydrogen) atoms. The molecule has 0 aliphatic carbocycles. The van der Waals surface area contributed by atoms with E-state index in [1.165, 1.54) is 0 Å². The van der Waals surface area contributed by atoms with Crippen LogP contribution in [-0.2, 0) is 0 Å². The van der Waals surface area contributed by atoms with E-state index in [0.717, 1.165) is 10.0 Å². The normalized spacial score (nSPS) is 10.2. The average molecular weight is 329 g/mol. The maximum atomic E-state index is 5.88. The van der Waals surface area contributed by atoms with E-state index in [2.05, 4.69) is 31.2 Å². The molecule has 1 aromatic heterocycles. The third kappa shape index (κ3) is 2.91. The van der Waals surface area contributed by atoms with Crippen LogP contribution in [0.15, 0.2) is 28.9 Å². The van der Waals surface area contributed by atoms with Crippen LogP contribution in [0.1, 0.15) is 5.56 Å². The Morgan fingerprint density at radius 1 is 1.39 bits per heavy atom. The highest BCUT2D eigenvalue weighted by Crippen LogP contribution is 2.32. The number of halogens is 2. The lowest BCUT2D eigenvalue weighted by Crippen LogP contribution is -1.99. The monoisotopic (exact) mass is 327 g/mol. The van der Waals surface area contributed by atoms with Crippen molar-refractivity contribution in [2.75, 3.05) is 12.4 Å². The Balaban J connectivity index is 2.33. The molecule has 0 saturated carbocycles. The van der Waals surface area contributed by atoms with Gasteiger partial charge in [0, 0.05) is 23.8 Å². The van der Waals surface area contributed by atoms with Gasteiger partial charge in [-0.25, -0.2) is 4.98 Å². The summed E-state index contributed by atoms with van der Waals surface area (Å²) in [5.74, 6) is 1.68. The fraction of sp³-hybridized carbons (Fsp3) is 0.167. The van der Waals surface area contributed by atoms with Gasteiger partial charge in [0.25, 0.3) is 0 Å². The lowest BCUT2D eigenvalue weighted by Gasteiger charge is -2.10. The summed E-state index contributed by atoms with van der Waals surface area (Å²) in [7, 11) is 1.76. The van der Waals surface area contributed by atoms with Gasteiger partial charge in [-0.05, 0) is 41.1 Å². The van der Waals surface area contributed by atoms with Crippen LogP contribution in [0.3, 0.4) is 0 Å². The van der Waals surface area contributed by atoms with Crippen molar-refractivity contribution in [2.45, 2.75) is 6.92 Å². The van der Waals surface area contributed by atoms with E-state index in [-0.39, 0.29) is 0 Å². The first kappa shape index (κ1) is 13.1. The Kier molecular flexibility index (Phi) is 4.04. The molecule has 0 radical (unpaired) electrons. The summed E-state index contributed by atoms with van der Waals surface area (Å²) >= 11 is 9.27. The molecule has 0 fully saturated rings. The van der Waals surface area contributed by atoms with Gasteiger partial charge in [-0.3, -0.25) is 0 Å². The lowest BCUT2D eigenvalue weighted by molar-refractivity contribution is 0.455. The third-order valence-electron chi connectivity index (χ3n) is 2.25. The van der Waals surface area contributed by atoms with Crippen molar-refractivity contribution in [2.24, 2.45) is 0 Å². The summed E-state index contributed by atoms with van der Waals surface area (Å²) in [6, 6.07) is 5.32. The quantitative estimate of drug-likeness (QED) is 0.924. The van der Waals surface area contributed by atoms with Crippen molar-refractivity contribution in [3.8, 4) is 11.6 Å². The van der Waals surface area contributed by atoms with Crippen LogP contribution in [0.4, 0.5) is 5.95 Å². The van der Waals surface area contributed by atoms with E-state index in [1.807, 2.05) is 6.92 Å². The molecule has 1 N–H and O–H groups in total. The molecule has 0 amide bonds. The molecular formula is C12H11BrClN3O. The van der Waals surface area contributed by atoms with Gasteiger partial charge in [-0.2, -0.15) is 4.98 Å². The van der Waals surface area contributed by atoms with Crippen LogP contribution in [0, 0.1) is 6.92 Å². The Morgan fingerprint density at radius 2 is 2.17 bits per heavy atom. The molecule has 0 aliphatic heterocycles. The molecule has 0 aliphatic rings. The first-order valence-corrected chi connectivity index (χ1v) is 6.41. The highest BCUT2D eigenvalue weighted by atomic mass is 79.9. The zero-order valence-electron chi connectivity index (χ0n) is 9.87. The number of hydrogen-bond acceptors (Lipinski definition) is 4. The number of benzene rings is 1. The molecule has 2 aromatic rings. The molecular weight excluding hydrogens is 318 g/mol. The van der Waals surface area contributed by atoms with Crippen molar-refractivity contribution in [3.05, 3.63) is 39.5 Å². The fourth-order valence-corrected chi connectivity index (χ4v) is 2.08. The molecule has 0 atom stereocenters. The Bertz CT molecular complexity index is 577. The van der Waals surface area contributed by atoms with E-state index in [9.17, 15) is 0 Å². The molecule has 1 aromatic carbocycles. The number of aryl methyl sites for hydroxylation is 1. The number of rotatable bonds is 3. The van der Waals surface area contributed by atoms with Crippen LogP contribution in [0.5, 0.6) is 11.6 Å². The number of anilines is 1. The Morgan fingerprint density at radius 3 is 2.83 bits per heavy atom. The molecule has 0 unspecified atom stereocenters. The fourth-order valence-electron chi connectivity index (χ4n) is 1.31. The molecule has 6 heteroatoms. The van der Waals surface area contributed by atoms with Crippen molar-refractivity contribution in [1.82, 2.24) is 9.97 Å². The number of nitrogens with one attached hydrogen (secondary N) is 1. The van der Waals surface area contributed by atoms with Gasteiger partial charge < -0.3 is 10.1 Å². The minimum absolute atomic E-state index is 0.511. The topological polar surface area (TPSA) is 47.0 Å². The van der Waals surface area contributed by atoms with Crippen LogP contribution in [0.2, 0.25) is 5.02 Å².